The van der Waals surface area contributed by atoms with Crippen LogP contribution in [0.15, 0.2) is 96.3 Å². The van der Waals surface area contributed by atoms with Gasteiger partial charge in [-0.3, -0.25) is 19.2 Å². The van der Waals surface area contributed by atoms with Gasteiger partial charge < -0.3 is 15.6 Å². The molecule has 3 N–H and O–H groups in total. The Morgan fingerprint density at radius 3 is 2.47 bits per heavy atom. The van der Waals surface area contributed by atoms with E-state index in [0.29, 0.717) is 38.1 Å². The SMILES string of the molecule is NC(=O)N1C(=O)C2CC=C3C(CC4C(=O)N(c5cccc(Cl)c5)C(=O)C4(c4ccccc4)C3C3=COc4ccc(O)cc4C3)C2C1=O. The summed E-state index contributed by atoms with van der Waals surface area (Å²) in [5, 5.41) is 10.7. The summed E-state index contributed by atoms with van der Waals surface area (Å²) in [6.07, 6.45) is 4.01. The highest BCUT2D eigenvalue weighted by Gasteiger charge is 2.70. The van der Waals surface area contributed by atoms with Gasteiger partial charge in [-0.25, -0.2) is 9.69 Å². The molecule has 0 aromatic heterocycles. The number of halogens is 1. The Bertz CT molecular complexity index is 1990. The number of hydrogen-bond donors (Lipinski definition) is 2. The summed E-state index contributed by atoms with van der Waals surface area (Å²) in [7, 11) is 0. The van der Waals surface area contributed by atoms with E-state index in [4.69, 9.17) is 22.1 Å². The second-order valence-electron chi connectivity index (χ2n) is 12.7. The first-order chi connectivity index (χ1) is 22.6. The fourth-order valence-electron chi connectivity index (χ4n) is 8.78. The number of fused-ring (bicyclic) bond motifs is 5. The zero-order valence-electron chi connectivity index (χ0n) is 24.8. The highest BCUT2D eigenvalue weighted by Crippen LogP contribution is 2.63. The molecule has 3 aromatic rings. The number of primary amides is 1. The van der Waals surface area contributed by atoms with Crippen LogP contribution in [0.1, 0.15) is 24.0 Å². The number of nitrogens with zero attached hydrogens (tertiary/aromatic N) is 2. The van der Waals surface area contributed by atoms with Crippen LogP contribution < -0.4 is 15.4 Å². The lowest BCUT2D eigenvalue weighted by Crippen LogP contribution is -2.55. The molecule has 10 nitrogen and oxygen atoms in total. The van der Waals surface area contributed by atoms with E-state index in [9.17, 15) is 24.3 Å². The first-order valence-electron chi connectivity index (χ1n) is 15.4. The number of carbonyl (C=O) groups excluding carboxylic acids is 5. The molecule has 3 aromatic carbocycles. The fourth-order valence-corrected chi connectivity index (χ4v) is 8.96. The zero-order chi connectivity index (χ0) is 32.8. The van der Waals surface area contributed by atoms with E-state index < -0.39 is 64.7 Å². The number of benzene rings is 3. The lowest BCUT2D eigenvalue weighted by molar-refractivity contribution is -0.136. The minimum absolute atomic E-state index is 0.0475. The number of urea groups is 1. The maximum Gasteiger partial charge on any atom is 0.328 e. The standard InChI is InChI=1S/C36H28ClN3O7/c37-21-7-4-8-22(15-21)39-32(43)27-16-26-24(10-11-25-29(26)33(44)40(31(25)42)35(38)46)30(36(27,34(39)45)20-5-2-1-3-6-20)19-13-18-14-23(41)9-12-28(18)47-17-19/h1-10,12,14-15,17,25-27,29-30,41H,11,13,16H2,(H2,38,46). The summed E-state index contributed by atoms with van der Waals surface area (Å²) >= 11 is 6.35. The van der Waals surface area contributed by atoms with Crippen molar-refractivity contribution in [3.05, 3.63) is 112 Å². The normalized spacial score (nSPS) is 29.3. The summed E-state index contributed by atoms with van der Waals surface area (Å²) in [6.45, 7) is 0. The van der Waals surface area contributed by atoms with Crippen LogP contribution in [0.2, 0.25) is 5.02 Å². The Kier molecular flexibility index (Phi) is 6.46. The van der Waals surface area contributed by atoms with Crippen molar-refractivity contribution in [3.8, 4) is 11.5 Å². The van der Waals surface area contributed by atoms with Gasteiger partial charge in [-0.2, -0.15) is 4.90 Å². The van der Waals surface area contributed by atoms with Crippen molar-refractivity contribution in [2.24, 2.45) is 35.3 Å². The molecular formula is C36H28ClN3O7. The van der Waals surface area contributed by atoms with Gasteiger partial charge in [-0.15, -0.1) is 0 Å². The Labute approximate surface area is 274 Å². The molecular weight excluding hydrogens is 622 g/mol. The number of phenols is 1. The lowest BCUT2D eigenvalue weighted by atomic mass is 9.48. The molecule has 5 aliphatic rings. The third-order valence-corrected chi connectivity index (χ3v) is 10.8. The molecule has 0 spiro atoms. The molecule has 11 heteroatoms. The molecule has 0 bridgehead atoms. The summed E-state index contributed by atoms with van der Waals surface area (Å²) < 4.78 is 6.10. The Hall–Kier alpha value is -5.22. The number of nitrogens with two attached hydrogens (primary N) is 1. The van der Waals surface area contributed by atoms with Crippen molar-refractivity contribution < 1.29 is 33.8 Å². The summed E-state index contributed by atoms with van der Waals surface area (Å²) in [6, 6.07) is 19.3. The number of amides is 6. The number of imide groups is 4. The van der Waals surface area contributed by atoms with Crippen molar-refractivity contribution >= 4 is 46.9 Å². The fraction of sp³-hybridized carbons (Fsp3) is 0.250. The Morgan fingerprint density at radius 2 is 1.72 bits per heavy atom. The number of likely N-dealkylation sites (tertiary alicyclic amines) is 1. The molecule has 6 amide bonds. The molecule has 6 atom stereocenters. The van der Waals surface area contributed by atoms with Crippen LogP contribution >= 0.6 is 11.6 Å². The van der Waals surface area contributed by atoms with E-state index in [2.05, 4.69) is 0 Å². The van der Waals surface area contributed by atoms with E-state index in [-0.39, 0.29) is 25.0 Å². The largest absolute Gasteiger partial charge is 0.508 e. The van der Waals surface area contributed by atoms with Gasteiger partial charge in [0.15, 0.2) is 0 Å². The molecule has 0 radical (unpaired) electrons. The van der Waals surface area contributed by atoms with Crippen LogP contribution in [0.5, 0.6) is 11.5 Å². The number of aromatic hydroxyl groups is 1. The van der Waals surface area contributed by atoms with Crippen LogP contribution in [0.3, 0.4) is 0 Å². The van der Waals surface area contributed by atoms with Crippen LogP contribution in [-0.4, -0.2) is 39.7 Å². The average molecular weight is 650 g/mol. The topological polar surface area (TPSA) is 147 Å². The number of anilines is 1. The molecule has 47 heavy (non-hydrogen) atoms. The quantitative estimate of drug-likeness (QED) is 0.310. The smallest absolute Gasteiger partial charge is 0.328 e. The Morgan fingerprint density at radius 1 is 0.936 bits per heavy atom. The van der Waals surface area contributed by atoms with Crippen LogP contribution in [0, 0.1) is 29.6 Å². The first-order valence-corrected chi connectivity index (χ1v) is 15.7. The van der Waals surface area contributed by atoms with Crippen molar-refractivity contribution in [2.45, 2.75) is 24.7 Å². The van der Waals surface area contributed by atoms with Crippen molar-refractivity contribution in [3.63, 3.8) is 0 Å². The van der Waals surface area contributed by atoms with E-state index >= 15 is 4.79 Å². The maximum atomic E-state index is 15.2. The van der Waals surface area contributed by atoms with Crippen molar-refractivity contribution in [1.82, 2.24) is 4.90 Å². The van der Waals surface area contributed by atoms with Gasteiger partial charge in [0, 0.05) is 22.9 Å². The highest BCUT2D eigenvalue weighted by atomic mass is 35.5. The van der Waals surface area contributed by atoms with Crippen LogP contribution in [0.25, 0.3) is 0 Å². The van der Waals surface area contributed by atoms with Crippen LogP contribution in [-0.2, 0) is 31.0 Å². The number of rotatable bonds is 3. The second kappa shape index (κ2) is 10.4. The molecule has 2 aliphatic carbocycles. The van der Waals surface area contributed by atoms with Gasteiger partial charge in [-0.1, -0.05) is 59.6 Å². The molecule has 236 valence electrons. The van der Waals surface area contributed by atoms with E-state index in [1.54, 1.807) is 42.7 Å². The molecule has 2 saturated heterocycles. The van der Waals surface area contributed by atoms with Gasteiger partial charge in [0.05, 0.1) is 35.1 Å². The van der Waals surface area contributed by atoms with E-state index in [1.165, 1.54) is 11.0 Å². The number of carbonyl (C=O) groups is 5. The molecule has 1 saturated carbocycles. The molecule has 3 heterocycles. The third kappa shape index (κ3) is 4.00. The Balaban J connectivity index is 1.37. The maximum absolute atomic E-state index is 15.2. The second-order valence-corrected chi connectivity index (χ2v) is 13.2. The lowest BCUT2D eigenvalue weighted by Gasteiger charge is -2.51. The van der Waals surface area contributed by atoms with Crippen molar-refractivity contribution in [2.75, 3.05) is 4.90 Å². The number of allylic oxidation sites excluding steroid dienone is 3. The van der Waals surface area contributed by atoms with Crippen LogP contribution in [0.4, 0.5) is 10.5 Å². The summed E-state index contributed by atoms with van der Waals surface area (Å²) in [5.41, 5.74) is 7.05. The molecule has 3 aliphatic heterocycles. The molecule has 8 rings (SSSR count). The van der Waals surface area contributed by atoms with Gasteiger partial charge in [-0.05, 0) is 66.3 Å². The average Bonchev–Trinajstić information content (AvgIpc) is 3.45. The minimum Gasteiger partial charge on any atom is -0.508 e. The summed E-state index contributed by atoms with van der Waals surface area (Å²) in [5.74, 6) is -5.79. The van der Waals surface area contributed by atoms with E-state index in [1.807, 2.05) is 36.4 Å². The zero-order valence-corrected chi connectivity index (χ0v) is 25.6. The van der Waals surface area contributed by atoms with Gasteiger partial charge in [0.25, 0.3) is 0 Å². The van der Waals surface area contributed by atoms with Gasteiger partial charge in [0.1, 0.15) is 11.5 Å². The monoisotopic (exact) mass is 649 g/mol. The number of hydrogen-bond acceptors (Lipinski definition) is 7. The first kappa shape index (κ1) is 29.2. The van der Waals surface area contributed by atoms with Gasteiger partial charge in [0.2, 0.25) is 23.6 Å². The van der Waals surface area contributed by atoms with E-state index in [0.717, 1.165) is 5.57 Å². The minimum atomic E-state index is -1.46. The predicted molar refractivity (Wildman–Crippen MR) is 169 cm³/mol. The van der Waals surface area contributed by atoms with Crippen molar-refractivity contribution in [1.29, 1.82) is 0 Å². The summed E-state index contributed by atoms with van der Waals surface area (Å²) in [4.78, 5) is 71.0. The number of phenolic OH excluding ortho intramolecular Hbond substituents is 1. The predicted octanol–water partition coefficient (Wildman–Crippen LogP) is 4.64. The van der Waals surface area contributed by atoms with Gasteiger partial charge >= 0.3 is 6.03 Å². The molecule has 6 unspecified atom stereocenters. The number of ether oxygens (including phenoxy) is 1. The third-order valence-electron chi connectivity index (χ3n) is 10.5. The molecule has 3 fully saturated rings. The highest BCUT2D eigenvalue weighted by molar-refractivity contribution is 6.32.